The largest absolute Gasteiger partial charge is 0.390 e. The fraction of sp³-hybridized carbons (Fsp3) is 0.350. The van der Waals surface area contributed by atoms with Crippen LogP contribution in [0.15, 0.2) is 42.9 Å². The topological polar surface area (TPSA) is 83.3 Å². The van der Waals surface area contributed by atoms with Crippen molar-refractivity contribution in [2.45, 2.75) is 19.1 Å². The van der Waals surface area contributed by atoms with Gasteiger partial charge in [-0.3, -0.25) is 9.69 Å². The number of pyridine rings is 1. The molecule has 0 aliphatic carbocycles. The fourth-order valence-electron chi connectivity index (χ4n) is 3.53. The molecule has 0 radical (unpaired) electrons. The normalized spacial score (nSPS) is 15.5. The Hall–Kier alpha value is -2.77. The highest BCUT2D eigenvalue weighted by molar-refractivity contribution is 5.96. The Morgan fingerprint density at radius 1 is 1.30 bits per heavy atom. The number of carbonyl (C=O) groups excluding carboxylic acids is 1. The summed E-state index contributed by atoms with van der Waals surface area (Å²) in [5, 5.41) is 13.1. The van der Waals surface area contributed by atoms with Crippen LogP contribution in [0.2, 0.25) is 0 Å². The highest BCUT2D eigenvalue weighted by atomic mass is 16.3. The van der Waals surface area contributed by atoms with E-state index >= 15 is 0 Å². The molecular formula is C20H23N5O2. The molecule has 2 aromatic heterocycles. The summed E-state index contributed by atoms with van der Waals surface area (Å²) in [5.41, 5.74) is 4.55. The zero-order valence-electron chi connectivity index (χ0n) is 15.3. The minimum atomic E-state index is -0.620. The van der Waals surface area contributed by atoms with E-state index in [1.54, 1.807) is 17.0 Å². The third-order valence-electron chi connectivity index (χ3n) is 4.99. The van der Waals surface area contributed by atoms with E-state index in [0.717, 1.165) is 25.2 Å². The standard InChI is InChI=1S/C20H23N5O2/c1-24-13-23-18-8-16(9-21-19(18)24)20(27)22-10-17(26)12-25-7-6-14-4-2-3-5-15(14)11-25/h2-5,8-9,13,17,26H,6-7,10-12H2,1H3,(H,22,27). The summed E-state index contributed by atoms with van der Waals surface area (Å²) in [6, 6.07) is 10.1. The number of β-amino-alcohol motifs (C(OH)–C–C–N with tert-alkyl or cyclic N) is 1. The summed E-state index contributed by atoms with van der Waals surface area (Å²) < 4.78 is 1.80. The molecule has 3 aromatic rings. The summed E-state index contributed by atoms with van der Waals surface area (Å²) >= 11 is 0. The summed E-state index contributed by atoms with van der Waals surface area (Å²) in [6.07, 6.45) is 3.57. The maximum Gasteiger partial charge on any atom is 0.253 e. The zero-order chi connectivity index (χ0) is 18.8. The van der Waals surface area contributed by atoms with Crippen molar-refractivity contribution in [2.24, 2.45) is 7.05 Å². The number of nitrogens with zero attached hydrogens (tertiary/aromatic N) is 4. The van der Waals surface area contributed by atoms with Crippen molar-refractivity contribution in [3.63, 3.8) is 0 Å². The molecule has 27 heavy (non-hydrogen) atoms. The van der Waals surface area contributed by atoms with Crippen molar-refractivity contribution in [3.8, 4) is 0 Å². The molecule has 0 saturated carbocycles. The van der Waals surface area contributed by atoms with Gasteiger partial charge in [0.1, 0.15) is 5.52 Å². The third kappa shape index (κ3) is 3.84. The number of hydrogen-bond acceptors (Lipinski definition) is 5. The van der Waals surface area contributed by atoms with E-state index in [1.807, 2.05) is 13.1 Å². The number of imidazole rings is 1. The monoisotopic (exact) mass is 365 g/mol. The van der Waals surface area contributed by atoms with E-state index in [2.05, 4.69) is 38.4 Å². The lowest BCUT2D eigenvalue weighted by molar-refractivity contribution is 0.0841. The molecule has 1 unspecified atom stereocenters. The number of benzene rings is 1. The van der Waals surface area contributed by atoms with Gasteiger partial charge in [-0.15, -0.1) is 0 Å². The number of aryl methyl sites for hydroxylation is 1. The first kappa shape index (κ1) is 17.6. The molecule has 0 saturated heterocycles. The van der Waals surface area contributed by atoms with Gasteiger partial charge in [0.2, 0.25) is 0 Å². The van der Waals surface area contributed by atoms with Crippen LogP contribution in [0.25, 0.3) is 11.2 Å². The minimum absolute atomic E-state index is 0.206. The Bertz CT molecular complexity index is 968. The molecule has 7 nitrogen and oxygen atoms in total. The maximum absolute atomic E-state index is 12.3. The van der Waals surface area contributed by atoms with Crippen LogP contribution in [0.3, 0.4) is 0 Å². The molecule has 140 valence electrons. The second kappa shape index (κ2) is 7.46. The van der Waals surface area contributed by atoms with Crippen LogP contribution >= 0.6 is 0 Å². The number of fused-ring (bicyclic) bond motifs is 2. The second-order valence-electron chi connectivity index (χ2n) is 7.04. The van der Waals surface area contributed by atoms with Gasteiger partial charge >= 0.3 is 0 Å². The van der Waals surface area contributed by atoms with Crippen molar-refractivity contribution < 1.29 is 9.90 Å². The van der Waals surface area contributed by atoms with Gasteiger partial charge in [-0.1, -0.05) is 24.3 Å². The summed E-state index contributed by atoms with van der Waals surface area (Å²) in [7, 11) is 1.86. The Morgan fingerprint density at radius 3 is 2.96 bits per heavy atom. The molecule has 3 heterocycles. The van der Waals surface area contributed by atoms with Crippen LogP contribution in [0.1, 0.15) is 21.5 Å². The minimum Gasteiger partial charge on any atom is -0.390 e. The number of aliphatic hydroxyl groups excluding tert-OH is 1. The van der Waals surface area contributed by atoms with Crippen LogP contribution in [0, 0.1) is 0 Å². The van der Waals surface area contributed by atoms with Gasteiger partial charge in [0, 0.05) is 39.4 Å². The zero-order valence-corrected chi connectivity index (χ0v) is 15.3. The predicted octanol–water partition coefficient (Wildman–Crippen LogP) is 1.12. The first-order valence-corrected chi connectivity index (χ1v) is 9.12. The summed E-state index contributed by atoms with van der Waals surface area (Å²) in [4.78, 5) is 23.1. The Balaban J connectivity index is 1.31. The van der Waals surface area contributed by atoms with Gasteiger partial charge < -0.3 is 15.0 Å². The second-order valence-corrected chi connectivity index (χ2v) is 7.04. The Morgan fingerprint density at radius 2 is 2.11 bits per heavy atom. The smallest absolute Gasteiger partial charge is 0.253 e. The van der Waals surface area contributed by atoms with E-state index in [4.69, 9.17) is 0 Å². The number of hydrogen-bond donors (Lipinski definition) is 2. The molecule has 0 bridgehead atoms. The Labute approximate surface area is 157 Å². The molecule has 1 aliphatic rings. The molecule has 1 aromatic carbocycles. The van der Waals surface area contributed by atoms with Crippen molar-refractivity contribution in [1.29, 1.82) is 0 Å². The van der Waals surface area contributed by atoms with Gasteiger partial charge in [0.15, 0.2) is 5.65 Å². The van der Waals surface area contributed by atoms with Gasteiger partial charge in [0.05, 0.1) is 18.0 Å². The molecule has 0 fully saturated rings. The van der Waals surface area contributed by atoms with E-state index in [1.165, 1.54) is 17.3 Å². The Kier molecular flexibility index (Phi) is 4.87. The molecule has 7 heteroatoms. The van der Waals surface area contributed by atoms with E-state index in [-0.39, 0.29) is 12.5 Å². The SMILES string of the molecule is Cn1cnc2cc(C(=O)NCC(O)CN3CCc4ccccc4C3)cnc21. The van der Waals surface area contributed by atoms with Gasteiger partial charge in [-0.05, 0) is 23.6 Å². The van der Waals surface area contributed by atoms with Crippen LogP contribution in [0.4, 0.5) is 0 Å². The number of nitrogens with one attached hydrogen (secondary N) is 1. The number of rotatable bonds is 5. The van der Waals surface area contributed by atoms with Gasteiger partial charge in [0.25, 0.3) is 5.91 Å². The maximum atomic E-state index is 12.3. The van der Waals surface area contributed by atoms with E-state index in [9.17, 15) is 9.90 Å². The number of amides is 1. The summed E-state index contributed by atoms with van der Waals surface area (Å²) in [5.74, 6) is -0.252. The molecule has 1 aliphatic heterocycles. The molecule has 2 N–H and O–H groups in total. The van der Waals surface area contributed by atoms with Crippen molar-refractivity contribution in [3.05, 3.63) is 59.5 Å². The lowest BCUT2D eigenvalue weighted by Gasteiger charge is -2.30. The molecule has 4 rings (SSSR count). The van der Waals surface area contributed by atoms with Crippen molar-refractivity contribution in [2.75, 3.05) is 19.6 Å². The average Bonchev–Trinajstić information content (AvgIpc) is 3.06. The predicted molar refractivity (Wildman–Crippen MR) is 102 cm³/mol. The molecule has 0 spiro atoms. The fourth-order valence-corrected chi connectivity index (χ4v) is 3.53. The van der Waals surface area contributed by atoms with Crippen LogP contribution in [-0.2, 0) is 20.0 Å². The number of carbonyl (C=O) groups is 1. The van der Waals surface area contributed by atoms with Crippen LogP contribution in [-0.4, -0.2) is 56.2 Å². The van der Waals surface area contributed by atoms with Crippen LogP contribution in [0.5, 0.6) is 0 Å². The van der Waals surface area contributed by atoms with Crippen molar-refractivity contribution >= 4 is 17.1 Å². The van der Waals surface area contributed by atoms with E-state index < -0.39 is 6.10 Å². The summed E-state index contributed by atoms with van der Waals surface area (Å²) in [6.45, 7) is 2.49. The van der Waals surface area contributed by atoms with E-state index in [0.29, 0.717) is 17.6 Å². The third-order valence-corrected chi connectivity index (χ3v) is 4.99. The lowest BCUT2D eigenvalue weighted by Crippen LogP contribution is -2.42. The highest BCUT2D eigenvalue weighted by Gasteiger charge is 2.19. The highest BCUT2D eigenvalue weighted by Crippen LogP contribution is 2.18. The van der Waals surface area contributed by atoms with Crippen LogP contribution < -0.4 is 5.32 Å². The first-order valence-electron chi connectivity index (χ1n) is 9.12. The average molecular weight is 365 g/mol. The number of aliphatic hydroxyl groups is 1. The molecule has 1 atom stereocenters. The quantitative estimate of drug-likeness (QED) is 0.708. The lowest BCUT2D eigenvalue weighted by atomic mass is 10.00. The van der Waals surface area contributed by atoms with Gasteiger partial charge in [-0.2, -0.15) is 0 Å². The first-order chi connectivity index (χ1) is 13.1. The van der Waals surface area contributed by atoms with Crippen molar-refractivity contribution in [1.82, 2.24) is 24.8 Å². The molecule has 1 amide bonds. The molecular weight excluding hydrogens is 342 g/mol. The number of aromatic nitrogens is 3. The van der Waals surface area contributed by atoms with Gasteiger partial charge in [-0.25, -0.2) is 9.97 Å².